The molecular formula is C14H14FNO3. The summed E-state index contributed by atoms with van der Waals surface area (Å²) in [5.74, 6) is -0.561. The van der Waals surface area contributed by atoms with Crippen molar-refractivity contribution in [1.29, 1.82) is 0 Å². The van der Waals surface area contributed by atoms with Crippen LogP contribution in [-0.2, 0) is 11.2 Å². The van der Waals surface area contributed by atoms with Gasteiger partial charge in [0.05, 0.1) is 25.1 Å². The summed E-state index contributed by atoms with van der Waals surface area (Å²) in [5.41, 5.74) is 1.33. The van der Waals surface area contributed by atoms with E-state index in [0.717, 1.165) is 5.56 Å². The number of carbonyl (C=O) groups is 1. The largest absolute Gasteiger partial charge is 0.472 e. The van der Waals surface area contributed by atoms with Gasteiger partial charge in [0.1, 0.15) is 5.82 Å². The van der Waals surface area contributed by atoms with Gasteiger partial charge < -0.3 is 14.8 Å². The van der Waals surface area contributed by atoms with Crippen LogP contribution in [0.2, 0.25) is 0 Å². The number of halogens is 1. The van der Waals surface area contributed by atoms with Gasteiger partial charge in [-0.05, 0) is 23.8 Å². The van der Waals surface area contributed by atoms with Crippen molar-refractivity contribution in [2.45, 2.75) is 12.5 Å². The lowest BCUT2D eigenvalue weighted by Crippen LogP contribution is -2.29. The minimum atomic E-state index is -0.795. The van der Waals surface area contributed by atoms with Crippen LogP contribution in [-0.4, -0.2) is 17.6 Å². The number of benzene rings is 1. The van der Waals surface area contributed by atoms with Crippen LogP contribution in [0.15, 0.2) is 47.3 Å². The zero-order valence-corrected chi connectivity index (χ0v) is 10.2. The highest BCUT2D eigenvalue weighted by Gasteiger charge is 2.10. The molecule has 0 saturated carbocycles. The minimum Gasteiger partial charge on any atom is -0.472 e. The number of carbonyl (C=O) groups excluding carboxylic acids is 1. The number of rotatable bonds is 5. The van der Waals surface area contributed by atoms with Crippen LogP contribution in [0.1, 0.15) is 17.2 Å². The van der Waals surface area contributed by atoms with Crippen molar-refractivity contribution in [2.75, 3.05) is 6.54 Å². The third-order valence-electron chi connectivity index (χ3n) is 2.70. The van der Waals surface area contributed by atoms with Gasteiger partial charge in [-0.1, -0.05) is 12.1 Å². The molecule has 0 spiro atoms. The van der Waals surface area contributed by atoms with Crippen molar-refractivity contribution in [3.63, 3.8) is 0 Å². The fourth-order valence-electron chi connectivity index (χ4n) is 1.64. The van der Waals surface area contributed by atoms with E-state index in [0.29, 0.717) is 5.56 Å². The highest BCUT2D eigenvalue weighted by atomic mass is 19.1. The van der Waals surface area contributed by atoms with E-state index in [9.17, 15) is 14.3 Å². The first-order valence-electron chi connectivity index (χ1n) is 5.86. The highest BCUT2D eigenvalue weighted by molar-refractivity contribution is 5.78. The van der Waals surface area contributed by atoms with Crippen molar-refractivity contribution in [3.8, 4) is 0 Å². The average Bonchev–Trinajstić information content (AvgIpc) is 2.93. The fourth-order valence-corrected chi connectivity index (χ4v) is 1.64. The predicted molar refractivity (Wildman–Crippen MR) is 66.8 cm³/mol. The molecule has 0 aliphatic carbocycles. The lowest BCUT2D eigenvalue weighted by Gasteiger charge is -2.10. The third kappa shape index (κ3) is 3.93. The first-order chi connectivity index (χ1) is 9.15. The summed E-state index contributed by atoms with van der Waals surface area (Å²) in [6.45, 7) is 0.111. The van der Waals surface area contributed by atoms with Gasteiger partial charge in [0, 0.05) is 12.1 Å². The summed E-state index contributed by atoms with van der Waals surface area (Å²) in [4.78, 5) is 11.6. The Kier molecular flexibility index (Phi) is 4.30. The molecule has 2 aromatic rings. The van der Waals surface area contributed by atoms with E-state index in [2.05, 4.69) is 5.32 Å². The predicted octanol–water partition coefficient (Wildman–Crippen LogP) is 1.81. The molecule has 0 radical (unpaired) electrons. The van der Waals surface area contributed by atoms with Gasteiger partial charge in [-0.25, -0.2) is 4.39 Å². The SMILES string of the molecule is O=C(Cc1ccc(F)cc1)NCC(O)c1ccoc1. The van der Waals surface area contributed by atoms with E-state index in [1.54, 1.807) is 18.2 Å². The molecule has 1 aromatic heterocycles. The van der Waals surface area contributed by atoms with Crippen LogP contribution < -0.4 is 5.32 Å². The molecule has 100 valence electrons. The lowest BCUT2D eigenvalue weighted by atomic mass is 10.1. The molecule has 1 aromatic carbocycles. The number of hydrogen-bond donors (Lipinski definition) is 2. The Bertz CT molecular complexity index is 522. The number of hydrogen-bond acceptors (Lipinski definition) is 3. The second-order valence-electron chi connectivity index (χ2n) is 4.18. The van der Waals surface area contributed by atoms with Gasteiger partial charge in [0.15, 0.2) is 0 Å². The molecule has 1 heterocycles. The smallest absolute Gasteiger partial charge is 0.224 e. The van der Waals surface area contributed by atoms with E-state index >= 15 is 0 Å². The molecule has 0 aliphatic heterocycles. The Balaban J connectivity index is 1.80. The standard InChI is InChI=1S/C14H14FNO3/c15-12-3-1-10(2-4-12)7-14(18)16-8-13(17)11-5-6-19-9-11/h1-6,9,13,17H,7-8H2,(H,16,18). The number of amides is 1. The van der Waals surface area contributed by atoms with E-state index in [1.807, 2.05) is 0 Å². The van der Waals surface area contributed by atoms with E-state index in [1.165, 1.54) is 24.7 Å². The second kappa shape index (κ2) is 6.15. The van der Waals surface area contributed by atoms with E-state index < -0.39 is 6.10 Å². The first kappa shape index (κ1) is 13.3. The Morgan fingerprint density at radius 2 is 2.05 bits per heavy atom. The molecule has 0 aliphatic rings. The maximum atomic E-state index is 12.7. The fraction of sp³-hybridized carbons (Fsp3) is 0.214. The molecule has 1 atom stereocenters. The number of furan rings is 1. The summed E-state index contributed by atoms with van der Waals surface area (Å²) in [7, 11) is 0. The average molecular weight is 263 g/mol. The Hall–Kier alpha value is -2.14. The van der Waals surface area contributed by atoms with Gasteiger partial charge in [-0.2, -0.15) is 0 Å². The second-order valence-corrected chi connectivity index (χ2v) is 4.18. The molecule has 5 heteroatoms. The van der Waals surface area contributed by atoms with Gasteiger partial charge in [-0.3, -0.25) is 4.79 Å². The molecule has 0 fully saturated rings. The van der Waals surface area contributed by atoms with Crippen molar-refractivity contribution in [1.82, 2.24) is 5.32 Å². The molecule has 1 amide bonds. The highest BCUT2D eigenvalue weighted by Crippen LogP contribution is 2.11. The third-order valence-corrected chi connectivity index (χ3v) is 2.70. The monoisotopic (exact) mass is 263 g/mol. The summed E-state index contributed by atoms with van der Waals surface area (Å²) in [5, 5.41) is 12.3. The van der Waals surface area contributed by atoms with Crippen molar-refractivity contribution >= 4 is 5.91 Å². The van der Waals surface area contributed by atoms with E-state index in [4.69, 9.17) is 4.42 Å². The maximum absolute atomic E-state index is 12.7. The van der Waals surface area contributed by atoms with Crippen molar-refractivity contribution < 1.29 is 18.7 Å². The summed E-state index contributed by atoms with van der Waals surface area (Å²) < 4.78 is 17.5. The molecule has 4 nitrogen and oxygen atoms in total. The van der Waals surface area contributed by atoms with Crippen LogP contribution in [0.25, 0.3) is 0 Å². The Labute approximate surface area is 109 Å². The number of aliphatic hydroxyl groups excluding tert-OH is 1. The van der Waals surface area contributed by atoms with Crippen molar-refractivity contribution in [2.24, 2.45) is 0 Å². The van der Waals surface area contributed by atoms with Crippen LogP contribution in [0.5, 0.6) is 0 Å². The molecule has 0 bridgehead atoms. The van der Waals surface area contributed by atoms with Crippen LogP contribution >= 0.6 is 0 Å². The molecule has 2 rings (SSSR count). The summed E-state index contributed by atoms with van der Waals surface area (Å²) in [6, 6.07) is 7.37. The first-order valence-corrected chi connectivity index (χ1v) is 5.86. The zero-order chi connectivity index (χ0) is 13.7. The summed E-state index contributed by atoms with van der Waals surface area (Å²) in [6.07, 6.45) is 2.24. The lowest BCUT2D eigenvalue weighted by molar-refractivity contribution is -0.120. The van der Waals surface area contributed by atoms with Crippen LogP contribution in [0.3, 0.4) is 0 Å². The van der Waals surface area contributed by atoms with Crippen molar-refractivity contribution in [3.05, 3.63) is 59.8 Å². The molecule has 0 saturated heterocycles. The van der Waals surface area contributed by atoms with Crippen LogP contribution in [0, 0.1) is 5.82 Å². The molecule has 2 N–H and O–H groups in total. The quantitative estimate of drug-likeness (QED) is 0.864. The van der Waals surface area contributed by atoms with Gasteiger partial charge in [0.2, 0.25) is 5.91 Å². The topological polar surface area (TPSA) is 62.5 Å². The van der Waals surface area contributed by atoms with Gasteiger partial charge in [0.25, 0.3) is 0 Å². The summed E-state index contributed by atoms with van der Waals surface area (Å²) >= 11 is 0. The molecule has 19 heavy (non-hydrogen) atoms. The maximum Gasteiger partial charge on any atom is 0.224 e. The van der Waals surface area contributed by atoms with Gasteiger partial charge in [-0.15, -0.1) is 0 Å². The minimum absolute atomic E-state index is 0.111. The number of aliphatic hydroxyl groups is 1. The Morgan fingerprint density at radius 3 is 2.68 bits per heavy atom. The van der Waals surface area contributed by atoms with Gasteiger partial charge >= 0.3 is 0 Å². The molecular weight excluding hydrogens is 249 g/mol. The molecule has 1 unspecified atom stereocenters. The Morgan fingerprint density at radius 1 is 1.32 bits per heavy atom. The zero-order valence-electron chi connectivity index (χ0n) is 10.2. The normalized spacial score (nSPS) is 12.1. The van der Waals surface area contributed by atoms with E-state index in [-0.39, 0.29) is 24.7 Å². The number of nitrogens with one attached hydrogen (secondary N) is 1. The van der Waals surface area contributed by atoms with Crippen LogP contribution in [0.4, 0.5) is 4.39 Å².